The third-order valence-corrected chi connectivity index (χ3v) is 4.05. The first-order valence-corrected chi connectivity index (χ1v) is 7.40. The molecule has 2 N–H and O–H groups in total. The summed E-state index contributed by atoms with van der Waals surface area (Å²) in [6.07, 6.45) is 6.95. The summed E-state index contributed by atoms with van der Waals surface area (Å²) in [5, 5.41) is 11.7. The Labute approximate surface area is 126 Å². The zero-order valence-corrected chi connectivity index (χ0v) is 12.9. The fourth-order valence-corrected chi connectivity index (χ4v) is 2.47. The summed E-state index contributed by atoms with van der Waals surface area (Å²) >= 11 is 0. The van der Waals surface area contributed by atoms with Crippen LogP contribution in [0, 0.1) is 12.3 Å². The summed E-state index contributed by atoms with van der Waals surface area (Å²) in [4.78, 5) is 26.7. The molecule has 6 nitrogen and oxygen atoms in total. The number of amides is 1. The average molecular weight is 295 g/mol. The molecule has 0 aromatic rings. The van der Waals surface area contributed by atoms with Gasteiger partial charge in [0.25, 0.3) is 0 Å². The molecule has 21 heavy (non-hydrogen) atoms. The summed E-state index contributed by atoms with van der Waals surface area (Å²) in [7, 11) is 0. The summed E-state index contributed by atoms with van der Waals surface area (Å²) in [5.74, 6) is 1.81. The topological polar surface area (TPSA) is 72.9 Å². The van der Waals surface area contributed by atoms with Gasteiger partial charge in [0, 0.05) is 26.2 Å². The number of carboxylic acid groups (broad SMARTS) is 1. The summed E-state index contributed by atoms with van der Waals surface area (Å²) in [6.45, 7) is 7.03. The number of piperazine rings is 1. The quantitative estimate of drug-likeness (QED) is 0.647. The van der Waals surface area contributed by atoms with Crippen LogP contribution < -0.4 is 5.32 Å². The molecule has 118 valence electrons. The molecule has 1 fully saturated rings. The molecule has 6 heteroatoms. The number of rotatable bonds is 7. The van der Waals surface area contributed by atoms with E-state index in [2.05, 4.69) is 11.2 Å². The molecule has 0 radical (unpaired) electrons. The van der Waals surface area contributed by atoms with Crippen LogP contribution in [0.1, 0.15) is 26.7 Å². The largest absolute Gasteiger partial charge is 0.480 e. The molecule has 1 saturated heterocycles. The fraction of sp³-hybridized carbons (Fsp3) is 0.733. The predicted octanol–water partition coefficient (Wildman–Crippen LogP) is -0.00320. The van der Waals surface area contributed by atoms with E-state index in [1.54, 1.807) is 0 Å². The highest BCUT2D eigenvalue weighted by molar-refractivity contribution is 5.79. The Bertz CT molecular complexity index is 405. The number of aliphatic carboxylic acids is 1. The lowest BCUT2D eigenvalue weighted by Gasteiger charge is -2.34. The van der Waals surface area contributed by atoms with Crippen LogP contribution in [-0.2, 0) is 9.59 Å². The third kappa shape index (κ3) is 5.37. The molecule has 1 aliphatic heterocycles. The van der Waals surface area contributed by atoms with Crippen LogP contribution in [0.3, 0.4) is 0 Å². The smallest absolute Gasteiger partial charge is 0.317 e. The molecule has 0 spiro atoms. The molecule has 0 aromatic carbocycles. The predicted molar refractivity (Wildman–Crippen MR) is 80.8 cm³/mol. The SMILES string of the molecule is C#CC(CC)(CC)NC(=O)CN1CCN(CC(=O)O)CC1. The van der Waals surface area contributed by atoms with Crippen LogP contribution in [0.4, 0.5) is 0 Å². The normalized spacial score (nSPS) is 17.2. The highest BCUT2D eigenvalue weighted by Crippen LogP contribution is 2.13. The van der Waals surface area contributed by atoms with Crippen LogP contribution in [0.15, 0.2) is 0 Å². The van der Waals surface area contributed by atoms with Crippen molar-refractivity contribution >= 4 is 11.9 Å². The minimum absolute atomic E-state index is 0.0614. The Balaban J connectivity index is 2.40. The van der Waals surface area contributed by atoms with E-state index in [-0.39, 0.29) is 12.5 Å². The molecule has 1 heterocycles. The van der Waals surface area contributed by atoms with Crippen molar-refractivity contribution in [1.82, 2.24) is 15.1 Å². The second-order valence-electron chi connectivity index (χ2n) is 5.43. The van der Waals surface area contributed by atoms with Crippen molar-refractivity contribution in [2.45, 2.75) is 32.2 Å². The molecule has 1 rings (SSSR count). The van der Waals surface area contributed by atoms with Crippen LogP contribution in [-0.4, -0.2) is 71.6 Å². The summed E-state index contributed by atoms with van der Waals surface area (Å²) < 4.78 is 0. The lowest BCUT2D eigenvalue weighted by molar-refractivity contribution is -0.139. The first kappa shape index (κ1) is 17.5. The minimum Gasteiger partial charge on any atom is -0.480 e. The van der Waals surface area contributed by atoms with E-state index < -0.39 is 11.5 Å². The van der Waals surface area contributed by atoms with E-state index in [0.717, 1.165) is 0 Å². The van der Waals surface area contributed by atoms with Gasteiger partial charge in [-0.1, -0.05) is 19.8 Å². The molecule has 0 atom stereocenters. The molecule has 0 unspecified atom stereocenters. The average Bonchev–Trinajstić information content (AvgIpc) is 2.46. The van der Waals surface area contributed by atoms with E-state index in [1.807, 2.05) is 23.6 Å². The van der Waals surface area contributed by atoms with Gasteiger partial charge in [-0.15, -0.1) is 6.42 Å². The van der Waals surface area contributed by atoms with Crippen molar-refractivity contribution < 1.29 is 14.7 Å². The van der Waals surface area contributed by atoms with Gasteiger partial charge in [-0.05, 0) is 12.8 Å². The maximum atomic E-state index is 12.1. The highest BCUT2D eigenvalue weighted by Gasteiger charge is 2.27. The van der Waals surface area contributed by atoms with Gasteiger partial charge in [0.1, 0.15) is 5.54 Å². The van der Waals surface area contributed by atoms with Gasteiger partial charge in [-0.2, -0.15) is 0 Å². The van der Waals surface area contributed by atoms with Crippen LogP contribution >= 0.6 is 0 Å². The monoisotopic (exact) mass is 295 g/mol. The van der Waals surface area contributed by atoms with Gasteiger partial charge in [0.05, 0.1) is 13.1 Å². The van der Waals surface area contributed by atoms with Crippen molar-refractivity contribution in [1.29, 1.82) is 0 Å². The maximum Gasteiger partial charge on any atom is 0.317 e. The molecule has 0 aromatic heterocycles. The molecule has 1 amide bonds. The summed E-state index contributed by atoms with van der Waals surface area (Å²) in [6, 6.07) is 0. The molecular weight excluding hydrogens is 270 g/mol. The maximum absolute atomic E-state index is 12.1. The van der Waals surface area contributed by atoms with Crippen LogP contribution in [0.25, 0.3) is 0 Å². The van der Waals surface area contributed by atoms with Crippen molar-refractivity contribution in [3.63, 3.8) is 0 Å². The van der Waals surface area contributed by atoms with Gasteiger partial charge in [0.2, 0.25) is 5.91 Å². The second-order valence-corrected chi connectivity index (χ2v) is 5.43. The van der Waals surface area contributed by atoms with E-state index >= 15 is 0 Å². The Kier molecular flexibility index (Phi) is 6.66. The number of terminal acetylenes is 1. The van der Waals surface area contributed by atoms with Gasteiger partial charge in [-0.25, -0.2) is 0 Å². The molecule has 0 aliphatic carbocycles. The zero-order valence-electron chi connectivity index (χ0n) is 12.9. The Morgan fingerprint density at radius 1 is 1.14 bits per heavy atom. The Morgan fingerprint density at radius 3 is 2.00 bits per heavy atom. The Hall–Kier alpha value is -1.58. The van der Waals surface area contributed by atoms with Gasteiger partial charge in [-0.3, -0.25) is 19.4 Å². The first-order chi connectivity index (χ1) is 9.94. The highest BCUT2D eigenvalue weighted by atomic mass is 16.4. The third-order valence-electron chi connectivity index (χ3n) is 4.05. The van der Waals surface area contributed by atoms with E-state index in [1.165, 1.54) is 0 Å². The number of carbonyl (C=O) groups excluding carboxylic acids is 1. The fourth-order valence-electron chi connectivity index (χ4n) is 2.47. The molecule has 0 bridgehead atoms. The molecule has 0 saturated carbocycles. The molecule has 1 aliphatic rings. The lowest BCUT2D eigenvalue weighted by atomic mass is 9.94. The molecular formula is C15H25N3O3. The van der Waals surface area contributed by atoms with Crippen molar-refractivity contribution in [2.24, 2.45) is 0 Å². The van der Waals surface area contributed by atoms with E-state index in [0.29, 0.717) is 45.6 Å². The number of carboxylic acids is 1. The van der Waals surface area contributed by atoms with Crippen molar-refractivity contribution in [3.05, 3.63) is 0 Å². The number of nitrogens with one attached hydrogen (secondary N) is 1. The zero-order chi connectivity index (χ0) is 15.9. The van der Waals surface area contributed by atoms with E-state index in [9.17, 15) is 9.59 Å². The lowest BCUT2D eigenvalue weighted by Crippen LogP contribution is -2.53. The van der Waals surface area contributed by atoms with Gasteiger partial charge >= 0.3 is 5.97 Å². The summed E-state index contributed by atoms with van der Waals surface area (Å²) in [5.41, 5.74) is -0.553. The number of hydrogen-bond donors (Lipinski definition) is 2. The number of hydrogen-bond acceptors (Lipinski definition) is 4. The van der Waals surface area contributed by atoms with Gasteiger partial charge in [0.15, 0.2) is 0 Å². The second kappa shape index (κ2) is 8.01. The van der Waals surface area contributed by atoms with Crippen LogP contribution in [0.2, 0.25) is 0 Å². The van der Waals surface area contributed by atoms with Crippen LogP contribution in [0.5, 0.6) is 0 Å². The van der Waals surface area contributed by atoms with Gasteiger partial charge < -0.3 is 10.4 Å². The first-order valence-electron chi connectivity index (χ1n) is 7.40. The van der Waals surface area contributed by atoms with Crippen molar-refractivity contribution in [3.8, 4) is 12.3 Å². The minimum atomic E-state index is -0.814. The number of carbonyl (C=O) groups is 2. The Morgan fingerprint density at radius 2 is 1.62 bits per heavy atom. The van der Waals surface area contributed by atoms with Crippen molar-refractivity contribution in [2.75, 3.05) is 39.3 Å². The number of nitrogens with zero attached hydrogens (tertiary/aromatic N) is 2. The standard InChI is InChI=1S/C15H25N3O3/c1-4-15(5-2,6-3)16-13(19)11-17-7-9-18(10-8-17)12-14(20)21/h1H,5-12H2,2-3H3,(H,16,19)(H,20,21). The van der Waals surface area contributed by atoms with E-state index in [4.69, 9.17) is 11.5 Å².